The van der Waals surface area contributed by atoms with Gasteiger partial charge in [0, 0.05) is 72.7 Å². The van der Waals surface area contributed by atoms with Crippen LogP contribution in [0.1, 0.15) is 70.1 Å². The first kappa shape index (κ1) is 42.2. The monoisotopic (exact) mass is 761 g/mol. The number of Topliss-reactive ketones (excluding diaryl/α,β-unsaturated/α-hetero) is 1. The molecule has 292 valence electrons. The Morgan fingerprint density at radius 3 is 2.35 bits per heavy atom. The minimum atomic E-state index is -4.64. The molecular weight excluding hydrogens is 707 g/mol. The van der Waals surface area contributed by atoms with E-state index in [9.17, 15) is 27.4 Å². The van der Waals surface area contributed by atoms with Crippen molar-refractivity contribution in [3.8, 4) is 0 Å². The van der Waals surface area contributed by atoms with E-state index in [0.717, 1.165) is 40.9 Å². The summed E-state index contributed by atoms with van der Waals surface area (Å²) in [6, 6.07) is 14.5. The lowest BCUT2D eigenvalue weighted by Gasteiger charge is -2.33. The van der Waals surface area contributed by atoms with Gasteiger partial charge in [0.25, 0.3) is 10.1 Å². The van der Waals surface area contributed by atoms with Crippen LogP contribution in [-0.4, -0.2) is 98.9 Å². The molecule has 1 aliphatic heterocycles. The molecule has 54 heavy (non-hydrogen) atoms. The second kappa shape index (κ2) is 17.3. The number of allylic oxidation sites excluding steroid dienone is 5. The molecule has 13 heteroatoms. The molecular formula is C41H55N5O7S. The molecule has 1 aliphatic carbocycles. The van der Waals surface area contributed by atoms with Crippen molar-refractivity contribution in [1.82, 2.24) is 15.5 Å². The Labute approximate surface area is 319 Å². The van der Waals surface area contributed by atoms with Crippen LogP contribution >= 0.6 is 0 Å². The maximum absolute atomic E-state index is 14.2. The minimum Gasteiger partial charge on any atom is -0.481 e. The first-order valence-electron chi connectivity index (χ1n) is 18.3. The smallest absolute Gasteiger partial charge is 0.303 e. The Morgan fingerprint density at radius 1 is 1.06 bits per heavy atom. The van der Waals surface area contributed by atoms with Crippen molar-refractivity contribution >= 4 is 39.2 Å². The molecule has 4 rings (SSSR count). The third-order valence-corrected chi connectivity index (χ3v) is 11.2. The highest BCUT2D eigenvalue weighted by Gasteiger charge is 2.42. The Balaban J connectivity index is 1.69. The van der Waals surface area contributed by atoms with Crippen LogP contribution in [0.5, 0.6) is 0 Å². The summed E-state index contributed by atoms with van der Waals surface area (Å²) in [6.07, 6.45) is 5.76. The van der Waals surface area contributed by atoms with Crippen molar-refractivity contribution in [2.45, 2.75) is 77.2 Å². The SMILES string of the molecule is C/N=C(\C=C1/C(=O)C(/C=C2/N(C)c3ccccc3C2(C)C)=C1NC(CS(=O)(=O)O)C(=O)NCCN(C)CCCCCC(=O)O)C(C)(C)c1ccccc1C. The first-order valence-corrected chi connectivity index (χ1v) is 19.9. The van der Waals surface area contributed by atoms with Gasteiger partial charge in [-0.15, -0.1) is 0 Å². The summed E-state index contributed by atoms with van der Waals surface area (Å²) in [4.78, 5) is 47.2. The largest absolute Gasteiger partial charge is 0.481 e. The van der Waals surface area contributed by atoms with Crippen molar-refractivity contribution in [2.24, 2.45) is 4.99 Å². The fourth-order valence-electron chi connectivity index (χ4n) is 7.36. The normalized spacial score (nSPS) is 17.9. The molecule has 1 amide bonds. The topological polar surface area (TPSA) is 169 Å². The average Bonchev–Trinajstić information content (AvgIpc) is 3.29. The lowest BCUT2D eigenvalue weighted by atomic mass is 9.75. The molecule has 1 heterocycles. The number of aliphatic carboxylic acids is 1. The highest BCUT2D eigenvalue weighted by molar-refractivity contribution is 7.85. The lowest BCUT2D eigenvalue weighted by molar-refractivity contribution is -0.137. The van der Waals surface area contributed by atoms with Crippen molar-refractivity contribution in [2.75, 3.05) is 51.4 Å². The van der Waals surface area contributed by atoms with Crippen LogP contribution in [-0.2, 0) is 35.3 Å². The lowest BCUT2D eigenvalue weighted by Crippen LogP contribution is -2.51. The van der Waals surface area contributed by atoms with E-state index >= 15 is 0 Å². The number of likely N-dealkylation sites (N-methyl/N-ethyl adjacent to an activating group) is 2. The maximum atomic E-state index is 14.2. The summed E-state index contributed by atoms with van der Waals surface area (Å²) in [5.74, 6) is -2.69. The summed E-state index contributed by atoms with van der Waals surface area (Å²) in [5.41, 5.74) is 5.35. The van der Waals surface area contributed by atoms with Crippen LogP contribution in [0, 0.1) is 6.92 Å². The van der Waals surface area contributed by atoms with Crippen molar-refractivity contribution in [1.29, 1.82) is 0 Å². The quantitative estimate of drug-likeness (QED) is 0.0706. The number of para-hydroxylation sites is 1. The number of aliphatic imine (C=N–C) groups is 1. The fourth-order valence-corrected chi connectivity index (χ4v) is 8.02. The number of nitrogens with zero attached hydrogens (tertiary/aromatic N) is 3. The number of hydrogen-bond acceptors (Lipinski definition) is 9. The van der Waals surface area contributed by atoms with Gasteiger partial charge in [0.1, 0.15) is 11.8 Å². The third-order valence-electron chi connectivity index (χ3n) is 10.5. The van der Waals surface area contributed by atoms with Gasteiger partial charge in [0.15, 0.2) is 5.78 Å². The van der Waals surface area contributed by atoms with E-state index < -0.39 is 44.6 Å². The van der Waals surface area contributed by atoms with E-state index in [0.29, 0.717) is 25.2 Å². The zero-order valence-electron chi connectivity index (χ0n) is 32.7. The number of hydrogen-bond donors (Lipinski definition) is 4. The summed E-state index contributed by atoms with van der Waals surface area (Å²) in [7, 11) is 0.828. The number of carboxylic acids is 1. The Hall–Kier alpha value is -4.59. The Kier molecular flexibility index (Phi) is 13.5. The molecule has 4 N–H and O–H groups in total. The van der Waals surface area contributed by atoms with E-state index in [1.165, 1.54) is 0 Å². The van der Waals surface area contributed by atoms with Gasteiger partial charge >= 0.3 is 5.97 Å². The van der Waals surface area contributed by atoms with E-state index in [1.54, 1.807) is 19.2 Å². The van der Waals surface area contributed by atoms with E-state index in [1.807, 2.05) is 87.1 Å². The number of rotatable bonds is 18. The van der Waals surface area contributed by atoms with Gasteiger partial charge in [-0.1, -0.05) is 76.6 Å². The molecule has 0 saturated carbocycles. The van der Waals surface area contributed by atoms with Gasteiger partial charge in [0.2, 0.25) is 5.91 Å². The predicted molar refractivity (Wildman–Crippen MR) is 214 cm³/mol. The van der Waals surface area contributed by atoms with Crippen LogP contribution in [0.15, 0.2) is 88.2 Å². The van der Waals surface area contributed by atoms with Crippen molar-refractivity contribution in [3.05, 3.63) is 99.9 Å². The average molecular weight is 762 g/mol. The molecule has 1 atom stereocenters. The Bertz CT molecular complexity index is 1990. The predicted octanol–water partition coefficient (Wildman–Crippen LogP) is 4.96. The van der Waals surface area contributed by atoms with Gasteiger partial charge in [-0.25, -0.2) is 0 Å². The number of carbonyl (C=O) groups is 3. The number of carboxylic acid groups (broad SMARTS) is 1. The summed E-state index contributed by atoms with van der Waals surface area (Å²) in [5, 5.41) is 14.7. The highest BCUT2D eigenvalue weighted by atomic mass is 32.2. The molecule has 0 radical (unpaired) electrons. The number of fused-ring (bicyclic) bond motifs is 1. The summed E-state index contributed by atoms with van der Waals surface area (Å²) >= 11 is 0. The number of amides is 1. The van der Waals surface area contributed by atoms with Crippen LogP contribution in [0.2, 0.25) is 0 Å². The van der Waals surface area contributed by atoms with E-state index in [-0.39, 0.29) is 35.6 Å². The van der Waals surface area contributed by atoms with E-state index in [2.05, 4.69) is 35.5 Å². The molecule has 2 aromatic carbocycles. The van der Waals surface area contributed by atoms with Gasteiger partial charge < -0.3 is 25.5 Å². The van der Waals surface area contributed by atoms with Crippen LogP contribution < -0.4 is 15.5 Å². The summed E-state index contributed by atoms with van der Waals surface area (Å²) < 4.78 is 34.5. The van der Waals surface area contributed by atoms with Gasteiger partial charge in [0.05, 0.1) is 5.70 Å². The summed E-state index contributed by atoms with van der Waals surface area (Å²) in [6.45, 7) is 11.5. The number of ketones is 1. The maximum Gasteiger partial charge on any atom is 0.303 e. The van der Waals surface area contributed by atoms with Crippen LogP contribution in [0.25, 0.3) is 0 Å². The molecule has 12 nitrogen and oxygen atoms in total. The molecule has 1 unspecified atom stereocenters. The van der Waals surface area contributed by atoms with E-state index in [4.69, 9.17) is 5.11 Å². The van der Waals surface area contributed by atoms with Gasteiger partial charge in [-0.05, 0) is 68.3 Å². The minimum absolute atomic E-state index is 0.124. The zero-order chi connectivity index (χ0) is 40.0. The molecule has 0 bridgehead atoms. The number of nitrogens with one attached hydrogen (secondary N) is 2. The van der Waals surface area contributed by atoms with Crippen LogP contribution in [0.4, 0.5) is 5.69 Å². The number of carbonyl (C=O) groups excluding carboxylic acids is 2. The Morgan fingerprint density at radius 2 is 1.72 bits per heavy atom. The van der Waals surface area contributed by atoms with Gasteiger partial charge in [-0.2, -0.15) is 8.42 Å². The van der Waals surface area contributed by atoms with Crippen molar-refractivity contribution in [3.63, 3.8) is 0 Å². The zero-order valence-corrected chi connectivity index (χ0v) is 33.5. The third kappa shape index (κ3) is 9.74. The molecule has 0 spiro atoms. The molecule has 0 aromatic heterocycles. The van der Waals surface area contributed by atoms with Crippen molar-refractivity contribution < 1.29 is 32.5 Å². The number of benzene rings is 2. The second-order valence-electron chi connectivity index (χ2n) is 15.2. The number of unbranched alkanes of at least 4 members (excludes halogenated alkanes) is 2. The second-order valence-corrected chi connectivity index (χ2v) is 16.7. The molecule has 0 fully saturated rings. The van der Waals surface area contributed by atoms with Crippen LogP contribution in [0.3, 0.4) is 0 Å². The molecule has 2 aliphatic rings. The first-order chi connectivity index (χ1) is 25.3. The fraction of sp³-hybridized carbons (Fsp3) is 0.463. The highest BCUT2D eigenvalue weighted by Crippen LogP contribution is 2.48. The molecule has 0 saturated heterocycles. The molecule has 2 aromatic rings. The number of anilines is 1. The number of aryl methyl sites for hydroxylation is 1. The standard InChI is InChI=1S/C41H55N5O7S/c1-27-16-11-12-17-30(27)40(2,3)34(42-6)24-28-37(29(38(28)49)25-35-41(4,5)31-18-13-14-19-33(31)46(35)8)44-32(26-54(51,52)53)39(50)43-21-23-45(7)22-15-9-10-20-36(47)48/h11-14,16-19,24-25,32,44H,9-10,15,20-23,26H2,1-8H3,(H,43,50)(H,47,48)(H,51,52,53)/b28-24-,35-25+,42-34+. The van der Waals surface area contributed by atoms with Gasteiger partial charge in [-0.3, -0.25) is 23.9 Å².